The molecule has 1 aromatic heterocycles. The third kappa shape index (κ3) is 4.96. The first kappa shape index (κ1) is 23.9. The van der Waals surface area contributed by atoms with E-state index in [1.54, 1.807) is 6.92 Å². The van der Waals surface area contributed by atoms with Crippen LogP contribution in [0.2, 0.25) is 0 Å². The molecular formula is C28H34N2O4. The van der Waals surface area contributed by atoms with Crippen molar-refractivity contribution in [1.29, 1.82) is 0 Å². The van der Waals surface area contributed by atoms with Gasteiger partial charge in [-0.3, -0.25) is 9.59 Å². The van der Waals surface area contributed by atoms with Gasteiger partial charge in [0.2, 0.25) is 5.91 Å². The van der Waals surface area contributed by atoms with Crippen molar-refractivity contribution in [3.8, 4) is 5.75 Å². The minimum Gasteiger partial charge on any atom is -0.493 e. The largest absolute Gasteiger partial charge is 0.493 e. The summed E-state index contributed by atoms with van der Waals surface area (Å²) in [4.78, 5) is 24.0. The predicted molar refractivity (Wildman–Crippen MR) is 133 cm³/mol. The summed E-state index contributed by atoms with van der Waals surface area (Å²) in [7, 11) is 0. The number of hydrogen-bond acceptors (Lipinski definition) is 4. The highest BCUT2D eigenvalue weighted by molar-refractivity contribution is 5.94. The lowest BCUT2D eigenvalue weighted by atomic mass is 9.84. The molecule has 1 heterocycles. The van der Waals surface area contributed by atoms with E-state index in [2.05, 4.69) is 47.9 Å². The molecule has 1 atom stereocenters. The summed E-state index contributed by atoms with van der Waals surface area (Å²) in [6.45, 7) is 5.50. The number of benzene rings is 2. The van der Waals surface area contributed by atoms with Crippen LogP contribution >= 0.6 is 0 Å². The van der Waals surface area contributed by atoms with Gasteiger partial charge < -0.3 is 19.8 Å². The van der Waals surface area contributed by atoms with Crippen molar-refractivity contribution in [3.05, 3.63) is 64.8 Å². The minimum absolute atomic E-state index is 0.200. The smallest absolute Gasteiger partial charge is 0.305 e. The van der Waals surface area contributed by atoms with E-state index < -0.39 is 0 Å². The molecule has 6 nitrogen and oxygen atoms in total. The summed E-state index contributed by atoms with van der Waals surface area (Å²) in [5.74, 6) is 0.0598. The molecule has 0 saturated carbocycles. The van der Waals surface area contributed by atoms with Crippen LogP contribution in [0.25, 0.3) is 10.9 Å². The van der Waals surface area contributed by atoms with Crippen LogP contribution in [0.3, 0.4) is 0 Å². The highest BCUT2D eigenvalue weighted by Crippen LogP contribution is 2.42. The van der Waals surface area contributed by atoms with Crippen LogP contribution < -0.4 is 10.5 Å². The SMILES string of the molecule is CCOC(=O)CCCOc1cc2c3c(n(Cc4ccccc4)c2cc1CC)CCCC3C(N)=O. The Morgan fingerprint density at radius 3 is 2.65 bits per heavy atom. The van der Waals surface area contributed by atoms with Gasteiger partial charge in [-0.15, -0.1) is 0 Å². The number of primary amides is 1. The van der Waals surface area contributed by atoms with Gasteiger partial charge >= 0.3 is 5.97 Å². The average molecular weight is 463 g/mol. The molecule has 34 heavy (non-hydrogen) atoms. The number of fused-ring (bicyclic) bond motifs is 3. The van der Waals surface area contributed by atoms with E-state index in [4.69, 9.17) is 15.2 Å². The highest BCUT2D eigenvalue weighted by Gasteiger charge is 2.31. The molecule has 1 aliphatic rings. The molecule has 1 unspecified atom stereocenters. The fraction of sp³-hybridized carbons (Fsp3) is 0.429. The molecule has 0 saturated heterocycles. The molecule has 0 aliphatic heterocycles. The quantitative estimate of drug-likeness (QED) is 0.344. The van der Waals surface area contributed by atoms with Crippen LogP contribution in [0.5, 0.6) is 5.75 Å². The Morgan fingerprint density at radius 1 is 1.15 bits per heavy atom. The Bertz CT molecular complexity index is 1170. The molecule has 1 aliphatic carbocycles. The van der Waals surface area contributed by atoms with Crippen molar-refractivity contribution in [2.45, 2.75) is 64.8 Å². The first-order chi connectivity index (χ1) is 16.5. The van der Waals surface area contributed by atoms with Gasteiger partial charge in [0.05, 0.1) is 19.1 Å². The van der Waals surface area contributed by atoms with Crippen LogP contribution in [0.15, 0.2) is 42.5 Å². The lowest BCUT2D eigenvalue weighted by Crippen LogP contribution is -2.25. The highest BCUT2D eigenvalue weighted by atomic mass is 16.5. The Morgan fingerprint density at radius 2 is 1.94 bits per heavy atom. The molecular weight excluding hydrogens is 428 g/mol. The Labute approximate surface area is 201 Å². The van der Waals surface area contributed by atoms with Crippen molar-refractivity contribution in [1.82, 2.24) is 4.57 Å². The number of amides is 1. The van der Waals surface area contributed by atoms with E-state index in [1.807, 2.05) is 6.07 Å². The van der Waals surface area contributed by atoms with E-state index in [0.29, 0.717) is 26.1 Å². The second-order valence-corrected chi connectivity index (χ2v) is 8.87. The van der Waals surface area contributed by atoms with Crippen LogP contribution in [-0.2, 0) is 33.7 Å². The second-order valence-electron chi connectivity index (χ2n) is 8.87. The van der Waals surface area contributed by atoms with Gasteiger partial charge in [0, 0.05) is 29.6 Å². The zero-order valence-electron chi connectivity index (χ0n) is 20.1. The number of ether oxygens (including phenoxy) is 2. The van der Waals surface area contributed by atoms with Gasteiger partial charge in [0.25, 0.3) is 0 Å². The molecule has 2 aromatic carbocycles. The third-order valence-corrected chi connectivity index (χ3v) is 6.65. The molecule has 3 aromatic rings. The molecule has 0 spiro atoms. The number of hydrogen-bond donors (Lipinski definition) is 1. The first-order valence-electron chi connectivity index (χ1n) is 12.3. The molecule has 0 bridgehead atoms. The summed E-state index contributed by atoms with van der Waals surface area (Å²) < 4.78 is 13.5. The lowest BCUT2D eigenvalue weighted by Gasteiger charge is -2.22. The van der Waals surface area contributed by atoms with Gasteiger partial charge in [-0.2, -0.15) is 0 Å². The number of carbonyl (C=O) groups is 2. The molecule has 4 rings (SSSR count). The van der Waals surface area contributed by atoms with E-state index >= 15 is 0 Å². The van der Waals surface area contributed by atoms with Crippen molar-refractivity contribution < 1.29 is 19.1 Å². The number of carbonyl (C=O) groups excluding carboxylic acids is 2. The van der Waals surface area contributed by atoms with Crippen LogP contribution in [0.4, 0.5) is 0 Å². The summed E-state index contributed by atoms with van der Waals surface area (Å²) in [6, 6.07) is 14.7. The maximum Gasteiger partial charge on any atom is 0.305 e. The lowest BCUT2D eigenvalue weighted by molar-refractivity contribution is -0.143. The fourth-order valence-electron chi connectivity index (χ4n) is 5.05. The molecule has 1 amide bonds. The molecule has 180 valence electrons. The summed E-state index contributed by atoms with van der Waals surface area (Å²) in [5, 5.41) is 1.05. The zero-order chi connectivity index (χ0) is 24.1. The van der Waals surface area contributed by atoms with Gasteiger partial charge in [0.15, 0.2) is 0 Å². The van der Waals surface area contributed by atoms with E-state index in [-0.39, 0.29) is 17.8 Å². The van der Waals surface area contributed by atoms with Gasteiger partial charge in [-0.05, 0) is 67.9 Å². The molecule has 6 heteroatoms. The topological polar surface area (TPSA) is 83.6 Å². The molecule has 0 radical (unpaired) electrons. The van der Waals surface area contributed by atoms with Crippen LogP contribution in [0, 0.1) is 0 Å². The van der Waals surface area contributed by atoms with Gasteiger partial charge in [-0.25, -0.2) is 0 Å². The normalized spacial score (nSPS) is 15.2. The monoisotopic (exact) mass is 462 g/mol. The Kier molecular flexibility index (Phi) is 7.56. The van der Waals surface area contributed by atoms with Crippen LogP contribution in [-0.4, -0.2) is 29.7 Å². The number of nitrogens with zero attached hydrogens (tertiary/aromatic N) is 1. The summed E-state index contributed by atoms with van der Waals surface area (Å²) in [6.07, 6.45) is 4.41. The Balaban J connectivity index is 1.73. The van der Waals surface area contributed by atoms with E-state index in [9.17, 15) is 9.59 Å². The van der Waals surface area contributed by atoms with Crippen LogP contribution in [0.1, 0.15) is 67.8 Å². The van der Waals surface area contributed by atoms with Crippen molar-refractivity contribution in [2.24, 2.45) is 5.73 Å². The number of aromatic nitrogens is 1. The average Bonchev–Trinajstić information content (AvgIpc) is 3.14. The van der Waals surface area contributed by atoms with E-state index in [1.165, 1.54) is 11.3 Å². The minimum atomic E-state index is -0.285. The van der Waals surface area contributed by atoms with Gasteiger partial charge in [-0.1, -0.05) is 37.3 Å². The predicted octanol–water partition coefficient (Wildman–Crippen LogP) is 4.88. The van der Waals surface area contributed by atoms with E-state index in [0.717, 1.165) is 60.0 Å². The molecule has 2 N–H and O–H groups in total. The van der Waals surface area contributed by atoms with Crippen molar-refractivity contribution in [3.63, 3.8) is 0 Å². The van der Waals surface area contributed by atoms with Crippen molar-refractivity contribution in [2.75, 3.05) is 13.2 Å². The fourth-order valence-corrected chi connectivity index (χ4v) is 5.05. The second kappa shape index (κ2) is 10.8. The third-order valence-electron chi connectivity index (χ3n) is 6.65. The number of rotatable bonds is 10. The zero-order valence-corrected chi connectivity index (χ0v) is 20.1. The standard InChI is InChI=1S/C28H34N2O4/c1-3-20-16-24-22(17-25(20)34-15-9-14-26(31)33-4-2)27-21(28(29)32)12-8-13-23(27)30(24)18-19-10-6-5-7-11-19/h5-7,10-11,16-17,21H,3-4,8-9,12-15,18H2,1-2H3,(H2,29,32). The Hall–Kier alpha value is -3.28. The number of aryl methyl sites for hydroxylation is 1. The number of nitrogens with two attached hydrogens (primary N) is 1. The molecule has 0 fully saturated rings. The van der Waals surface area contributed by atoms with Crippen molar-refractivity contribution >= 4 is 22.8 Å². The maximum absolute atomic E-state index is 12.4. The summed E-state index contributed by atoms with van der Waals surface area (Å²) >= 11 is 0. The first-order valence-corrected chi connectivity index (χ1v) is 12.3. The van der Waals surface area contributed by atoms with Gasteiger partial charge in [0.1, 0.15) is 5.75 Å². The summed E-state index contributed by atoms with van der Waals surface area (Å²) in [5.41, 5.74) is 11.6. The maximum atomic E-state index is 12.4. The number of esters is 1.